The normalized spacial score (nSPS) is 11.8. The Hall–Kier alpha value is -3.20. The molecule has 2 aromatic carbocycles. The van der Waals surface area contributed by atoms with E-state index in [4.69, 9.17) is 0 Å². The molecule has 1 heterocycles. The summed E-state index contributed by atoms with van der Waals surface area (Å²) in [6.07, 6.45) is 0. The highest BCUT2D eigenvalue weighted by Gasteiger charge is 2.19. The van der Waals surface area contributed by atoms with Crippen molar-refractivity contribution >= 4 is 29.3 Å². The van der Waals surface area contributed by atoms with E-state index in [-0.39, 0.29) is 23.6 Å². The van der Waals surface area contributed by atoms with Crippen molar-refractivity contribution in [1.29, 1.82) is 0 Å². The van der Waals surface area contributed by atoms with Crippen LogP contribution in [0.2, 0.25) is 0 Å². The van der Waals surface area contributed by atoms with Gasteiger partial charge in [-0.2, -0.15) is 0 Å². The van der Waals surface area contributed by atoms with Crippen molar-refractivity contribution in [2.24, 2.45) is 7.05 Å². The molecule has 3 rings (SSSR count). The second-order valence-electron chi connectivity index (χ2n) is 7.21. The molecule has 2 amide bonds. The van der Waals surface area contributed by atoms with Crippen molar-refractivity contribution in [1.82, 2.24) is 20.1 Å². The zero-order valence-corrected chi connectivity index (χ0v) is 18.6. The number of hydrogen-bond donors (Lipinski definition) is 2. The molecule has 0 radical (unpaired) electrons. The molecule has 0 unspecified atom stereocenters. The first-order valence-electron chi connectivity index (χ1n) is 9.71. The van der Waals surface area contributed by atoms with Crippen LogP contribution in [0.3, 0.4) is 0 Å². The van der Waals surface area contributed by atoms with Gasteiger partial charge < -0.3 is 15.2 Å². The number of benzene rings is 2. The Balaban J connectivity index is 1.60. The molecular weight excluding hydrogens is 417 g/mol. The molecular formula is C22H24FN5O2S. The minimum atomic E-state index is -0.409. The number of amides is 2. The molecule has 0 aliphatic rings. The number of carbonyl (C=O) groups is 2. The fourth-order valence-corrected chi connectivity index (χ4v) is 3.76. The third kappa shape index (κ3) is 5.49. The van der Waals surface area contributed by atoms with Gasteiger partial charge >= 0.3 is 0 Å². The molecule has 0 bridgehead atoms. The van der Waals surface area contributed by atoms with Crippen molar-refractivity contribution < 1.29 is 14.0 Å². The number of halogens is 1. The topological polar surface area (TPSA) is 88.9 Å². The smallest absolute Gasteiger partial charge is 0.252 e. The van der Waals surface area contributed by atoms with Crippen LogP contribution in [0.4, 0.5) is 10.1 Å². The van der Waals surface area contributed by atoms with Crippen LogP contribution in [-0.4, -0.2) is 32.3 Å². The van der Waals surface area contributed by atoms with Gasteiger partial charge in [0.25, 0.3) is 5.91 Å². The van der Waals surface area contributed by atoms with Gasteiger partial charge in [-0.1, -0.05) is 36.0 Å². The first-order valence-corrected chi connectivity index (χ1v) is 10.7. The Bertz CT molecular complexity index is 1120. The summed E-state index contributed by atoms with van der Waals surface area (Å²) < 4.78 is 15.1. The SMILES string of the molecule is Cc1ccc(F)cc1NC(=O)CSc1nnc([C@@H](C)NC(=O)c2ccccc2C)n1C. The Morgan fingerprint density at radius 3 is 2.61 bits per heavy atom. The fraction of sp³-hybridized carbons (Fsp3) is 0.273. The standard InChI is InChI=1S/C22H24FN5O2S/c1-13-7-5-6-8-17(13)21(30)24-15(3)20-26-27-22(28(20)4)31-12-19(29)25-18-11-16(23)10-9-14(18)2/h5-11,15H,12H2,1-4H3,(H,24,30)(H,25,29)/t15-/m1/s1. The molecule has 7 nitrogen and oxygen atoms in total. The van der Waals surface area contributed by atoms with Crippen LogP contribution in [-0.2, 0) is 11.8 Å². The zero-order chi connectivity index (χ0) is 22.5. The summed E-state index contributed by atoms with van der Waals surface area (Å²) >= 11 is 1.21. The Kier molecular flexibility index (Phi) is 7.06. The molecule has 0 saturated carbocycles. The first kappa shape index (κ1) is 22.5. The van der Waals surface area contributed by atoms with Gasteiger partial charge in [-0.3, -0.25) is 9.59 Å². The maximum absolute atomic E-state index is 13.4. The summed E-state index contributed by atoms with van der Waals surface area (Å²) in [6, 6.07) is 11.2. The maximum Gasteiger partial charge on any atom is 0.252 e. The van der Waals surface area contributed by atoms with Crippen molar-refractivity contribution in [3.63, 3.8) is 0 Å². The predicted octanol–water partition coefficient (Wildman–Crippen LogP) is 3.79. The van der Waals surface area contributed by atoms with E-state index in [2.05, 4.69) is 20.8 Å². The number of aryl methyl sites for hydroxylation is 2. The largest absolute Gasteiger partial charge is 0.342 e. The van der Waals surface area contributed by atoms with Crippen molar-refractivity contribution in [3.05, 3.63) is 70.8 Å². The van der Waals surface area contributed by atoms with Crippen molar-refractivity contribution in [3.8, 4) is 0 Å². The Morgan fingerprint density at radius 1 is 1.13 bits per heavy atom. The van der Waals surface area contributed by atoms with Gasteiger partial charge in [0.2, 0.25) is 5.91 Å². The molecule has 1 atom stereocenters. The quantitative estimate of drug-likeness (QED) is 0.545. The highest BCUT2D eigenvalue weighted by Crippen LogP contribution is 2.21. The molecule has 3 aromatic rings. The molecule has 0 fully saturated rings. The monoisotopic (exact) mass is 441 g/mol. The van der Waals surface area contributed by atoms with E-state index in [1.54, 1.807) is 30.7 Å². The summed E-state index contributed by atoms with van der Waals surface area (Å²) in [5.74, 6) is -0.206. The van der Waals surface area contributed by atoms with Crippen LogP contribution in [0.15, 0.2) is 47.6 Å². The van der Waals surface area contributed by atoms with E-state index in [0.717, 1.165) is 11.1 Å². The number of thioether (sulfide) groups is 1. The third-order valence-electron chi connectivity index (χ3n) is 4.80. The molecule has 0 aliphatic heterocycles. The summed E-state index contributed by atoms with van der Waals surface area (Å²) in [7, 11) is 1.78. The summed E-state index contributed by atoms with van der Waals surface area (Å²) in [5.41, 5.74) is 2.71. The van der Waals surface area contributed by atoms with Gasteiger partial charge in [0.15, 0.2) is 11.0 Å². The van der Waals surface area contributed by atoms with Gasteiger partial charge in [-0.15, -0.1) is 10.2 Å². The summed E-state index contributed by atoms with van der Waals surface area (Å²) in [5, 5.41) is 14.5. The van der Waals surface area contributed by atoms with E-state index < -0.39 is 5.82 Å². The lowest BCUT2D eigenvalue weighted by atomic mass is 10.1. The summed E-state index contributed by atoms with van der Waals surface area (Å²) in [4.78, 5) is 24.8. The fourth-order valence-electron chi connectivity index (χ4n) is 3.04. The first-order chi connectivity index (χ1) is 14.8. The van der Waals surface area contributed by atoms with Crippen molar-refractivity contribution in [2.45, 2.75) is 32.0 Å². The average Bonchev–Trinajstić information content (AvgIpc) is 3.10. The Morgan fingerprint density at radius 2 is 1.87 bits per heavy atom. The lowest BCUT2D eigenvalue weighted by Gasteiger charge is -2.14. The van der Waals surface area contributed by atoms with E-state index >= 15 is 0 Å². The van der Waals surface area contributed by atoms with E-state index in [1.165, 1.54) is 23.9 Å². The lowest BCUT2D eigenvalue weighted by molar-refractivity contribution is -0.113. The predicted molar refractivity (Wildman–Crippen MR) is 119 cm³/mol. The van der Waals surface area contributed by atoms with E-state index in [0.29, 0.717) is 22.2 Å². The van der Waals surface area contributed by atoms with Gasteiger partial charge in [-0.25, -0.2) is 4.39 Å². The number of nitrogens with one attached hydrogen (secondary N) is 2. The molecule has 0 saturated heterocycles. The minimum absolute atomic E-state index is 0.0892. The number of carbonyl (C=O) groups excluding carboxylic acids is 2. The van der Waals surface area contributed by atoms with Gasteiger partial charge in [0.05, 0.1) is 11.8 Å². The molecule has 31 heavy (non-hydrogen) atoms. The molecule has 0 aliphatic carbocycles. The van der Waals surface area contributed by atoms with Crippen LogP contribution in [0.1, 0.15) is 40.3 Å². The number of hydrogen-bond acceptors (Lipinski definition) is 5. The molecule has 2 N–H and O–H groups in total. The van der Waals surface area contributed by atoms with E-state index in [9.17, 15) is 14.0 Å². The molecule has 0 spiro atoms. The van der Waals surface area contributed by atoms with Gasteiger partial charge in [0.1, 0.15) is 5.82 Å². The second-order valence-corrected chi connectivity index (χ2v) is 8.15. The van der Waals surface area contributed by atoms with Crippen LogP contribution in [0, 0.1) is 19.7 Å². The number of rotatable bonds is 7. The maximum atomic E-state index is 13.4. The summed E-state index contributed by atoms with van der Waals surface area (Å²) in [6.45, 7) is 5.50. The van der Waals surface area contributed by atoms with Gasteiger partial charge in [0, 0.05) is 18.3 Å². The number of nitrogens with zero attached hydrogens (tertiary/aromatic N) is 3. The van der Waals surface area contributed by atoms with Crippen molar-refractivity contribution in [2.75, 3.05) is 11.1 Å². The molecule has 1 aromatic heterocycles. The van der Waals surface area contributed by atoms with Crippen LogP contribution in [0.25, 0.3) is 0 Å². The minimum Gasteiger partial charge on any atom is -0.342 e. The second kappa shape index (κ2) is 9.74. The average molecular weight is 442 g/mol. The zero-order valence-electron chi connectivity index (χ0n) is 17.8. The molecule has 9 heteroatoms. The van der Waals surface area contributed by atoms with Crippen LogP contribution in [0.5, 0.6) is 0 Å². The number of anilines is 1. The highest BCUT2D eigenvalue weighted by atomic mass is 32.2. The van der Waals surface area contributed by atoms with E-state index in [1.807, 2.05) is 32.0 Å². The molecule has 162 valence electrons. The third-order valence-corrected chi connectivity index (χ3v) is 5.82. The van der Waals surface area contributed by atoms with Crippen LogP contribution >= 0.6 is 11.8 Å². The lowest BCUT2D eigenvalue weighted by Crippen LogP contribution is -2.29. The van der Waals surface area contributed by atoms with Gasteiger partial charge in [-0.05, 0) is 50.1 Å². The highest BCUT2D eigenvalue weighted by molar-refractivity contribution is 7.99. The van der Waals surface area contributed by atoms with Crippen LogP contribution < -0.4 is 10.6 Å². The Labute approximate surface area is 184 Å². The number of aromatic nitrogens is 3.